The van der Waals surface area contributed by atoms with Crippen LogP contribution in [0.1, 0.15) is 23.7 Å². The van der Waals surface area contributed by atoms with Crippen molar-refractivity contribution in [3.8, 4) is 11.5 Å². The Morgan fingerprint density at radius 3 is 2.38 bits per heavy atom. The second-order valence-corrected chi connectivity index (χ2v) is 6.03. The van der Waals surface area contributed by atoms with Gasteiger partial charge in [0.15, 0.2) is 0 Å². The van der Waals surface area contributed by atoms with E-state index in [1.807, 2.05) is 0 Å². The predicted octanol–water partition coefficient (Wildman–Crippen LogP) is 2.31. The number of carbonyl (C=O) groups is 1. The lowest BCUT2D eigenvalue weighted by Crippen LogP contribution is -2.30. The molecule has 1 saturated heterocycles. The summed E-state index contributed by atoms with van der Waals surface area (Å²) >= 11 is 3.39. The highest BCUT2D eigenvalue weighted by Gasteiger charge is 2.30. The van der Waals surface area contributed by atoms with Crippen LogP contribution in [0, 0.1) is 5.92 Å². The van der Waals surface area contributed by atoms with E-state index >= 15 is 0 Å². The number of aliphatic hydroxyl groups is 1. The number of rotatable bonds is 4. The Hall–Kier alpha value is -1.27. The average Bonchev–Trinajstić information content (AvgIpc) is 2.96. The van der Waals surface area contributed by atoms with Gasteiger partial charge in [0.25, 0.3) is 5.91 Å². The quantitative estimate of drug-likeness (QED) is 0.898. The number of hydrogen-bond donors (Lipinski definition) is 1. The van der Waals surface area contributed by atoms with Crippen molar-refractivity contribution in [2.45, 2.75) is 19.4 Å². The zero-order chi connectivity index (χ0) is 15.6. The molecule has 2 unspecified atom stereocenters. The number of nitrogens with zero attached hydrogens (tertiary/aromatic N) is 1. The smallest absolute Gasteiger partial charge is 0.254 e. The molecule has 1 aliphatic heterocycles. The second kappa shape index (κ2) is 6.66. The van der Waals surface area contributed by atoms with E-state index in [9.17, 15) is 9.90 Å². The van der Waals surface area contributed by atoms with Gasteiger partial charge in [0, 0.05) is 24.6 Å². The summed E-state index contributed by atoms with van der Waals surface area (Å²) in [6.45, 7) is 3.01. The lowest BCUT2D eigenvalue weighted by molar-refractivity contribution is 0.0761. The van der Waals surface area contributed by atoms with E-state index in [0.717, 1.165) is 6.42 Å². The van der Waals surface area contributed by atoms with E-state index in [1.165, 1.54) is 0 Å². The summed E-state index contributed by atoms with van der Waals surface area (Å²) in [5.41, 5.74) is 0.526. The fourth-order valence-electron chi connectivity index (χ4n) is 2.54. The Bertz CT molecular complexity index is 507. The third-order valence-corrected chi connectivity index (χ3v) is 4.67. The molecule has 1 aliphatic rings. The van der Waals surface area contributed by atoms with E-state index in [4.69, 9.17) is 9.47 Å². The van der Waals surface area contributed by atoms with Crippen LogP contribution in [0.3, 0.4) is 0 Å². The van der Waals surface area contributed by atoms with Crippen LogP contribution in [0.25, 0.3) is 0 Å². The summed E-state index contributed by atoms with van der Waals surface area (Å²) in [6, 6.07) is 3.40. The van der Waals surface area contributed by atoms with E-state index < -0.39 is 6.10 Å². The van der Waals surface area contributed by atoms with Gasteiger partial charge < -0.3 is 19.5 Å². The zero-order valence-electron chi connectivity index (χ0n) is 12.4. The van der Waals surface area contributed by atoms with Crippen molar-refractivity contribution >= 4 is 21.8 Å². The van der Waals surface area contributed by atoms with Crippen molar-refractivity contribution in [3.63, 3.8) is 0 Å². The number of methoxy groups -OCH3 is 2. The molecule has 1 N–H and O–H groups in total. The summed E-state index contributed by atoms with van der Waals surface area (Å²) < 4.78 is 11.2. The second-order valence-electron chi connectivity index (χ2n) is 5.24. The molecule has 0 aliphatic carbocycles. The third kappa shape index (κ3) is 3.32. The van der Waals surface area contributed by atoms with Crippen molar-refractivity contribution < 1.29 is 19.4 Å². The Morgan fingerprint density at radius 2 is 1.95 bits per heavy atom. The maximum atomic E-state index is 12.6. The van der Waals surface area contributed by atoms with E-state index in [0.29, 0.717) is 34.6 Å². The molecule has 116 valence electrons. The minimum absolute atomic E-state index is 0.0674. The van der Waals surface area contributed by atoms with Crippen molar-refractivity contribution in [3.05, 3.63) is 22.2 Å². The van der Waals surface area contributed by atoms with Gasteiger partial charge in [-0.2, -0.15) is 0 Å². The number of amides is 1. The molecule has 0 spiro atoms. The number of benzene rings is 1. The van der Waals surface area contributed by atoms with Crippen molar-refractivity contribution in [2.24, 2.45) is 5.92 Å². The van der Waals surface area contributed by atoms with E-state index in [-0.39, 0.29) is 11.8 Å². The molecular formula is C15H20BrNO4. The van der Waals surface area contributed by atoms with Gasteiger partial charge in [0.05, 0.1) is 20.3 Å². The summed E-state index contributed by atoms with van der Waals surface area (Å²) in [5.74, 6) is 1.20. The summed E-state index contributed by atoms with van der Waals surface area (Å²) in [4.78, 5) is 14.3. The Morgan fingerprint density at radius 1 is 1.38 bits per heavy atom. The van der Waals surface area contributed by atoms with Crippen molar-refractivity contribution in [2.75, 3.05) is 27.3 Å². The van der Waals surface area contributed by atoms with Crippen LogP contribution in [-0.4, -0.2) is 49.3 Å². The van der Waals surface area contributed by atoms with Crippen LogP contribution < -0.4 is 9.47 Å². The van der Waals surface area contributed by atoms with Crippen LogP contribution in [0.5, 0.6) is 11.5 Å². The minimum atomic E-state index is -0.392. The SMILES string of the molecule is COc1cc(C(=O)N2CCC(C(C)O)C2)cc(OC)c1Br. The molecule has 5 nitrogen and oxygen atoms in total. The molecule has 1 amide bonds. The molecule has 1 aromatic rings. The molecule has 1 fully saturated rings. The number of hydrogen-bond acceptors (Lipinski definition) is 4. The molecular weight excluding hydrogens is 338 g/mol. The van der Waals surface area contributed by atoms with Crippen LogP contribution in [0.15, 0.2) is 16.6 Å². The largest absolute Gasteiger partial charge is 0.495 e. The highest BCUT2D eigenvalue weighted by molar-refractivity contribution is 9.10. The van der Waals surface area contributed by atoms with Gasteiger partial charge in [-0.1, -0.05) is 0 Å². The minimum Gasteiger partial charge on any atom is -0.495 e. The molecule has 1 heterocycles. The van der Waals surface area contributed by atoms with Gasteiger partial charge in [-0.05, 0) is 41.4 Å². The molecule has 0 radical (unpaired) electrons. The lowest BCUT2D eigenvalue weighted by Gasteiger charge is -2.19. The topological polar surface area (TPSA) is 59.0 Å². The number of ether oxygens (including phenoxy) is 2. The van der Waals surface area contributed by atoms with Crippen molar-refractivity contribution in [1.82, 2.24) is 4.90 Å². The number of likely N-dealkylation sites (tertiary alicyclic amines) is 1. The first-order valence-corrected chi connectivity index (χ1v) is 7.66. The number of carbonyl (C=O) groups excluding carboxylic acids is 1. The average molecular weight is 358 g/mol. The van der Waals surface area contributed by atoms with Crippen molar-refractivity contribution in [1.29, 1.82) is 0 Å². The first kappa shape index (κ1) is 16.1. The fourth-order valence-corrected chi connectivity index (χ4v) is 3.09. The normalized spacial score (nSPS) is 19.5. The Balaban J connectivity index is 2.24. The first-order valence-electron chi connectivity index (χ1n) is 6.86. The monoisotopic (exact) mass is 357 g/mol. The third-order valence-electron chi connectivity index (χ3n) is 3.89. The predicted molar refractivity (Wildman–Crippen MR) is 82.9 cm³/mol. The molecule has 0 bridgehead atoms. The number of aliphatic hydroxyl groups excluding tert-OH is 1. The molecule has 2 atom stereocenters. The Kier molecular flexibility index (Phi) is 5.11. The maximum Gasteiger partial charge on any atom is 0.254 e. The standard InChI is InChI=1S/C15H20BrNO4/c1-9(18)10-4-5-17(8-10)15(19)11-6-12(20-2)14(16)13(7-11)21-3/h6-7,9-10,18H,4-5,8H2,1-3H3. The van der Waals surface area contributed by atoms with Gasteiger partial charge in [-0.3, -0.25) is 4.79 Å². The highest BCUT2D eigenvalue weighted by Crippen LogP contribution is 2.36. The van der Waals surface area contributed by atoms with Crippen LogP contribution in [0.2, 0.25) is 0 Å². The van der Waals surface area contributed by atoms with Gasteiger partial charge in [-0.15, -0.1) is 0 Å². The Labute approximate surface area is 133 Å². The van der Waals surface area contributed by atoms with Crippen LogP contribution in [0.4, 0.5) is 0 Å². The fraction of sp³-hybridized carbons (Fsp3) is 0.533. The van der Waals surface area contributed by atoms with Gasteiger partial charge >= 0.3 is 0 Å². The molecule has 0 aromatic heterocycles. The highest BCUT2D eigenvalue weighted by atomic mass is 79.9. The molecule has 0 saturated carbocycles. The lowest BCUT2D eigenvalue weighted by atomic mass is 10.0. The maximum absolute atomic E-state index is 12.6. The first-order chi connectivity index (χ1) is 9.97. The summed E-state index contributed by atoms with van der Waals surface area (Å²) in [6.07, 6.45) is 0.436. The number of halogens is 1. The van der Waals surface area contributed by atoms with Crippen LogP contribution in [-0.2, 0) is 0 Å². The summed E-state index contributed by atoms with van der Waals surface area (Å²) in [5, 5.41) is 9.64. The van der Waals surface area contributed by atoms with Crippen LogP contribution >= 0.6 is 15.9 Å². The van der Waals surface area contributed by atoms with Gasteiger partial charge in [-0.25, -0.2) is 0 Å². The summed E-state index contributed by atoms with van der Waals surface area (Å²) in [7, 11) is 3.10. The van der Waals surface area contributed by atoms with E-state index in [1.54, 1.807) is 38.2 Å². The molecule has 1 aromatic carbocycles. The molecule has 6 heteroatoms. The zero-order valence-corrected chi connectivity index (χ0v) is 14.0. The molecule has 21 heavy (non-hydrogen) atoms. The van der Waals surface area contributed by atoms with E-state index in [2.05, 4.69) is 15.9 Å². The van der Waals surface area contributed by atoms with Gasteiger partial charge in [0.1, 0.15) is 16.0 Å². The molecule has 2 rings (SSSR count). The van der Waals surface area contributed by atoms with Gasteiger partial charge in [0.2, 0.25) is 0 Å².